The van der Waals surface area contributed by atoms with Crippen LogP contribution >= 0.6 is 0 Å². The van der Waals surface area contributed by atoms with E-state index in [0.29, 0.717) is 30.6 Å². The van der Waals surface area contributed by atoms with E-state index in [9.17, 15) is 14.4 Å². The Labute approximate surface area is 116 Å². The third-order valence-corrected chi connectivity index (χ3v) is 3.13. The summed E-state index contributed by atoms with van der Waals surface area (Å²) in [5.74, 6) is -0.0401. The van der Waals surface area contributed by atoms with Crippen molar-refractivity contribution < 1.29 is 14.4 Å². The molecule has 106 valence electrons. The van der Waals surface area contributed by atoms with Gasteiger partial charge in [-0.1, -0.05) is 12.1 Å². The first-order chi connectivity index (χ1) is 9.54. The van der Waals surface area contributed by atoms with Crippen molar-refractivity contribution in [1.29, 1.82) is 0 Å². The summed E-state index contributed by atoms with van der Waals surface area (Å²) in [6.07, 6.45) is 1.05. The summed E-state index contributed by atoms with van der Waals surface area (Å²) in [5, 5.41) is 8.17. The number of anilines is 1. The maximum absolute atomic E-state index is 11.8. The highest BCUT2D eigenvalue weighted by atomic mass is 16.2. The van der Waals surface area contributed by atoms with Crippen molar-refractivity contribution in [3.8, 4) is 0 Å². The molecule has 1 aliphatic rings. The van der Waals surface area contributed by atoms with Gasteiger partial charge in [0.1, 0.15) is 0 Å². The normalized spacial score (nSPS) is 18.1. The molecule has 1 saturated heterocycles. The van der Waals surface area contributed by atoms with Crippen LogP contribution in [0.25, 0.3) is 0 Å². The lowest BCUT2D eigenvalue weighted by Crippen LogP contribution is -2.48. The summed E-state index contributed by atoms with van der Waals surface area (Å²) in [4.78, 5) is 34.1. The molecule has 3 N–H and O–H groups in total. The minimum atomic E-state index is -0.341. The van der Waals surface area contributed by atoms with Crippen LogP contribution in [0.4, 0.5) is 10.5 Å². The Hall–Kier alpha value is -2.37. The van der Waals surface area contributed by atoms with Gasteiger partial charge in [-0.2, -0.15) is 0 Å². The molecule has 6 nitrogen and oxygen atoms in total. The van der Waals surface area contributed by atoms with E-state index in [2.05, 4.69) is 16.0 Å². The number of rotatable bonds is 3. The van der Waals surface area contributed by atoms with Gasteiger partial charge in [0, 0.05) is 30.3 Å². The number of ketones is 1. The number of carbonyl (C=O) groups excluding carboxylic acids is 3. The van der Waals surface area contributed by atoms with Crippen LogP contribution in [-0.4, -0.2) is 30.3 Å². The van der Waals surface area contributed by atoms with Crippen molar-refractivity contribution in [3.05, 3.63) is 29.8 Å². The van der Waals surface area contributed by atoms with Crippen LogP contribution < -0.4 is 16.0 Å². The first kappa shape index (κ1) is 14.0. The van der Waals surface area contributed by atoms with Crippen LogP contribution in [0.3, 0.4) is 0 Å². The predicted molar refractivity (Wildman–Crippen MR) is 74.6 cm³/mol. The fraction of sp³-hybridized carbons (Fsp3) is 0.357. The molecule has 2 rings (SSSR count). The van der Waals surface area contributed by atoms with Gasteiger partial charge < -0.3 is 16.0 Å². The van der Waals surface area contributed by atoms with Gasteiger partial charge in [0.15, 0.2) is 5.78 Å². The number of urea groups is 1. The van der Waals surface area contributed by atoms with Crippen molar-refractivity contribution in [2.24, 2.45) is 0 Å². The van der Waals surface area contributed by atoms with Gasteiger partial charge in [0.05, 0.1) is 0 Å². The third-order valence-electron chi connectivity index (χ3n) is 3.13. The van der Waals surface area contributed by atoms with Gasteiger partial charge in [-0.3, -0.25) is 9.59 Å². The smallest absolute Gasteiger partial charge is 0.319 e. The maximum Gasteiger partial charge on any atom is 0.319 e. The Morgan fingerprint density at radius 1 is 1.35 bits per heavy atom. The first-order valence-corrected chi connectivity index (χ1v) is 6.50. The quantitative estimate of drug-likeness (QED) is 0.726. The Bertz CT molecular complexity index is 532. The first-order valence-electron chi connectivity index (χ1n) is 6.50. The van der Waals surface area contributed by atoms with Gasteiger partial charge >= 0.3 is 6.03 Å². The molecule has 0 saturated carbocycles. The number of hydrogen-bond acceptors (Lipinski definition) is 3. The average molecular weight is 275 g/mol. The second-order valence-corrected chi connectivity index (χ2v) is 4.78. The number of Topliss-reactive ketones (excluding diaryl/α,β-unsaturated/α-hetero) is 1. The lowest BCUT2D eigenvalue weighted by molar-refractivity contribution is -0.122. The number of carbonyl (C=O) groups is 3. The summed E-state index contributed by atoms with van der Waals surface area (Å²) in [7, 11) is 0. The van der Waals surface area contributed by atoms with Crippen LogP contribution in [0, 0.1) is 0 Å². The highest BCUT2D eigenvalue weighted by molar-refractivity contribution is 5.96. The molecule has 1 fully saturated rings. The summed E-state index contributed by atoms with van der Waals surface area (Å²) < 4.78 is 0. The van der Waals surface area contributed by atoms with Crippen molar-refractivity contribution >= 4 is 23.4 Å². The highest BCUT2D eigenvalue weighted by Crippen LogP contribution is 2.11. The highest BCUT2D eigenvalue weighted by Gasteiger charge is 2.19. The number of nitrogens with one attached hydrogen (secondary N) is 3. The second kappa shape index (κ2) is 6.18. The number of benzene rings is 1. The number of hydrogen-bond donors (Lipinski definition) is 3. The van der Waals surface area contributed by atoms with Gasteiger partial charge in [0.2, 0.25) is 5.91 Å². The molecule has 0 radical (unpaired) electrons. The van der Waals surface area contributed by atoms with Gasteiger partial charge in [0.25, 0.3) is 0 Å². The zero-order chi connectivity index (χ0) is 14.5. The molecule has 1 aromatic rings. The Morgan fingerprint density at radius 3 is 2.80 bits per heavy atom. The Balaban J connectivity index is 1.89. The van der Waals surface area contributed by atoms with E-state index in [1.165, 1.54) is 6.92 Å². The van der Waals surface area contributed by atoms with E-state index in [0.717, 1.165) is 0 Å². The molecule has 0 aromatic heterocycles. The van der Waals surface area contributed by atoms with Crippen molar-refractivity contribution in [1.82, 2.24) is 10.6 Å². The summed E-state index contributed by atoms with van der Waals surface area (Å²) in [5.41, 5.74) is 1.11. The van der Waals surface area contributed by atoms with Crippen LogP contribution in [0.5, 0.6) is 0 Å². The molecule has 1 aliphatic heterocycles. The average Bonchev–Trinajstić information content (AvgIpc) is 2.41. The molecule has 0 aliphatic carbocycles. The second-order valence-electron chi connectivity index (χ2n) is 4.78. The Kier molecular flexibility index (Phi) is 4.34. The van der Waals surface area contributed by atoms with E-state index >= 15 is 0 Å². The molecular weight excluding hydrogens is 258 g/mol. The van der Waals surface area contributed by atoms with E-state index in [1.54, 1.807) is 24.3 Å². The van der Waals surface area contributed by atoms with Gasteiger partial charge in [-0.25, -0.2) is 4.79 Å². The van der Waals surface area contributed by atoms with Gasteiger partial charge in [-0.05, 0) is 25.5 Å². The molecule has 1 aromatic carbocycles. The minimum Gasteiger partial charge on any atom is -0.354 e. The molecule has 1 atom stereocenters. The van der Waals surface area contributed by atoms with Crippen LogP contribution in [-0.2, 0) is 4.79 Å². The molecule has 0 bridgehead atoms. The third kappa shape index (κ3) is 3.81. The lowest BCUT2D eigenvalue weighted by atomic mass is 10.1. The molecular formula is C14H17N3O3. The molecule has 6 heteroatoms. The monoisotopic (exact) mass is 275 g/mol. The Morgan fingerprint density at radius 2 is 2.15 bits per heavy atom. The number of piperidine rings is 1. The van der Waals surface area contributed by atoms with Crippen LogP contribution in [0.2, 0.25) is 0 Å². The molecule has 1 unspecified atom stereocenters. The van der Waals surface area contributed by atoms with E-state index in [4.69, 9.17) is 0 Å². The van der Waals surface area contributed by atoms with Crippen molar-refractivity contribution in [2.75, 3.05) is 11.9 Å². The fourth-order valence-electron chi connectivity index (χ4n) is 2.02. The van der Waals surface area contributed by atoms with Crippen LogP contribution in [0.1, 0.15) is 30.1 Å². The van der Waals surface area contributed by atoms with E-state index in [-0.39, 0.29) is 23.8 Å². The summed E-state index contributed by atoms with van der Waals surface area (Å²) in [6, 6.07) is 6.35. The van der Waals surface area contributed by atoms with Crippen molar-refractivity contribution in [2.45, 2.75) is 25.8 Å². The fourth-order valence-corrected chi connectivity index (χ4v) is 2.02. The SMILES string of the molecule is CC(=O)c1cccc(NC(=O)NC2CCC(=O)NC2)c1. The largest absolute Gasteiger partial charge is 0.354 e. The molecule has 3 amide bonds. The van der Waals surface area contributed by atoms with Gasteiger partial charge in [-0.15, -0.1) is 0 Å². The maximum atomic E-state index is 11.8. The standard InChI is InChI=1S/C14H17N3O3/c1-9(18)10-3-2-4-11(7-10)16-14(20)17-12-5-6-13(19)15-8-12/h2-4,7,12H,5-6,8H2,1H3,(H,15,19)(H2,16,17,20). The van der Waals surface area contributed by atoms with Crippen molar-refractivity contribution in [3.63, 3.8) is 0 Å². The number of amides is 3. The zero-order valence-electron chi connectivity index (χ0n) is 11.2. The summed E-state index contributed by atoms with van der Waals surface area (Å²) in [6.45, 7) is 1.92. The molecule has 0 spiro atoms. The van der Waals surface area contributed by atoms with Crippen LogP contribution in [0.15, 0.2) is 24.3 Å². The summed E-state index contributed by atoms with van der Waals surface area (Å²) >= 11 is 0. The minimum absolute atomic E-state index is 0.0117. The van der Waals surface area contributed by atoms with E-state index in [1.807, 2.05) is 0 Å². The predicted octanol–water partition coefficient (Wildman–Crippen LogP) is 1.29. The zero-order valence-corrected chi connectivity index (χ0v) is 11.2. The molecule has 1 heterocycles. The topological polar surface area (TPSA) is 87.3 Å². The van der Waals surface area contributed by atoms with E-state index < -0.39 is 0 Å². The lowest BCUT2D eigenvalue weighted by Gasteiger charge is -2.23. The molecule has 20 heavy (non-hydrogen) atoms.